The first kappa shape index (κ1) is 16.1. The minimum atomic E-state index is -0.723. The summed E-state index contributed by atoms with van der Waals surface area (Å²) in [5, 5.41) is 14.7. The predicted molar refractivity (Wildman–Crippen MR) is 78.1 cm³/mol. The molecular formula is C15H26N2O4. The molecule has 0 spiro atoms. The third kappa shape index (κ3) is 4.88. The number of amides is 2. The summed E-state index contributed by atoms with van der Waals surface area (Å²) in [5.41, 5.74) is -0.0853. The Morgan fingerprint density at radius 1 is 1.19 bits per heavy atom. The summed E-state index contributed by atoms with van der Waals surface area (Å²) in [7, 11) is 0. The SMILES string of the molecule is CC1(C)CCC(CNC(=O)NC2CCC(C(=O)O)CC2)O1. The number of urea groups is 1. The van der Waals surface area contributed by atoms with Gasteiger partial charge in [-0.25, -0.2) is 4.79 Å². The van der Waals surface area contributed by atoms with Crippen molar-refractivity contribution in [3.8, 4) is 0 Å². The van der Waals surface area contributed by atoms with Crippen LogP contribution in [0.2, 0.25) is 0 Å². The molecule has 2 fully saturated rings. The van der Waals surface area contributed by atoms with Crippen LogP contribution in [0.15, 0.2) is 0 Å². The lowest BCUT2D eigenvalue weighted by Crippen LogP contribution is -2.46. The summed E-state index contributed by atoms with van der Waals surface area (Å²) in [6, 6.07) is -0.0939. The summed E-state index contributed by atoms with van der Waals surface area (Å²) in [6.07, 6.45) is 4.82. The van der Waals surface area contributed by atoms with E-state index >= 15 is 0 Å². The van der Waals surface area contributed by atoms with Gasteiger partial charge >= 0.3 is 12.0 Å². The zero-order valence-corrected chi connectivity index (χ0v) is 12.9. The van der Waals surface area contributed by atoms with Crippen molar-refractivity contribution < 1.29 is 19.4 Å². The van der Waals surface area contributed by atoms with Gasteiger partial charge in [0.2, 0.25) is 0 Å². The van der Waals surface area contributed by atoms with E-state index in [1.165, 1.54) is 0 Å². The maximum Gasteiger partial charge on any atom is 0.315 e. The van der Waals surface area contributed by atoms with E-state index in [0.717, 1.165) is 25.7 Å². The number of rotatable bonds is 4. The van der Waals surface area contributed by atoms with E-state index < -0.39 is 5.97 Å². The predicted octanol–water partition coefficient (Wildman–Crippen LogP) is 1.89. The van der Waals surface area contributed by atoms with Crippen LogP contribution < -0.4 is 10.6 Å². The second-order valence-corrected chi connectivity index (χ2v) is 6.78. The molecule has 1 aliphatic carbocycles. The van der Waals surface area contributed by atoms with E-state index in [2.05, 4.69) is 24.5 Å². The highest BCUT2D eigenvalue weighted by molar-refractivity contribution is 5.74. The highest BCUT2D eigenvalue weighted by Crippen LogP contribution is 2.28. The van der Waals surface area contributed by atoms with Gasteiger partial charge in [-0.2, -0.15) is 0 Å². The second kappa shape index (κ2) is 6.64. The highest BCUT2D eigenvalue weighted by atomic mass is 16.5. The van der Waals surface area contributed by atoms with Crippen LogP contribution in [-0.4, -0.2) is 41.4 Å². The molecule has 0 aromatic rings. The van der Waals surface area contributed by atoms with Crippen LogP contribution in [-0.2, 0) is 9.53 Å². The molecule has 6 nitrogen and oxygen atoms in total. The number of aliphatic carboxylic acids is 1. The van der Waals surface area contributed by atoms with Gasteiger partial charge in [-0.3, -0.25) is 4.79 Å². The maximum atomic E-state index is 11.9. The van der Waals surface area contributed by atoms with Crippen LogP contribution in [0.5, 0.6) is 0 Å². The van der Waals surface area contributed by atoms with E-state index in [1.807, 2.05) is 0 Å². The van der Waals surface area contributed by atoms with Crippen LogP contribution in [0.25, 0.3) is 0 Å². The van der Waals surface area contributed by atoms with Crippen molar-refractivity contribution in [2.45, 2.75) is 70.1 Å². The monoisotopic (exact) mass is 298 g/mol. The molecule has 120 valence electrons. The van der Waals surface area contributed by atoms with E-state index in [0.29, 0.717) is 19.4 Å². The van der Waals surface area contributed by atoms with E-state index in [4.69, 9.17) is 9.84 Å². The van der Waals surface area contributed by atoms with Crippen molar-refractivity contribution in [2.75, 3.05) is 6.54 Å². The van der Waals surface area contributed by atoms with Crippen LogP contribution in [0.1, 0.15) is 52.4 Å². The number of carbonyl (C=O) groups excluding carboxylic acids is 1. The van der Waals surface area contributed by atoms with E-state index in [1.54, 1.807) is 0 Å². The van der Waals surface area contributed by atoms with Crippen molar-refractivity contribution in [3.63, 3.8) is 0 Å². The molecule has 2 amide bonds. The maximum absolute atomic E-state index is 11.9. The fourth-order valence-corrected chi connectivity index (χ4v) is 3.15. The van der Waals surface area contributed by atoms with Crippen LogP contribution >= 0.6 is 0 Å². The van der Waals surface area contributed by atoms with Crippen molar-refractivity contribution in [3.05, 3.63) is 0 Å². The summed E-state index contributed by atoms with van der Waals surface area (Å²) in [4.78, 5) is 22.7. The fraction of sp³-hybridized carbons (Fsp3) is 0.867. The zero-order valence-electron chi connectivity index (χ0n) is 12.9. The molecule has 1 aliphatic heterocycles. The van der Waals surface area contributed by atoms with Gasteiger partial charge in [-0.15, -0.1) is 0 Å². The molecule has 2 rings (SSSR count). The average molecular weight is 298 g/mol. The molecule has 6 heteroatoms. The Bertz CT molecular complexity index is 389. The molecule has 0 aromatic heterocycles. The summed E-state index contributed by atoms with van der Waals surface area (Å²) in [5.74, 6) is -0.973. The Balaban J connectivity index is 1.63. The average Bonchev–Trinajstić information content (AvgIpc) is 2.77. The minimum Gasteiger partial charge on any atom is -0.481 e. The number of nitrogens with one attached hydrogen (secondary N) is 2. The molecule has 1 heterocycles. The smallest absolute Gasteiger partial charge is 0.315 e. The number of carbonyl (C=O) groups is 2. The Labute approximate surface area is 125 Å². The Kier molecular flexibility index (Phi) is 5.08. The number of ether oxygens (including phenoxy) is 1. The molecule has 3 N–H and O–H groups in total. The van der Waals surface area contributed by atoms with Gasteiger partial charge in [0.1, 0.15) is 0 Å². The molecule has 1 unspecified atom stereocenters. The van der Waals surface area contributed by atoms with Crippen LogP contribution in [0.4, 0.5) is 4.79 Å². The lowest BCUT2D eigenvalue weighted by molar-refractivity contribution is -0.142. The van der Waals surface area contributed by atoms with Gasteiger partial charge in [0, 0.05) is 12.6 Å². The standard InChI is InChI=1S/C15H26N2O4/c1-15(2)8-7-12(21-15)9-16-14(20)17-11-5-3-10(4-6-11)13(18)19/h10-12H,3-9H2,1-2H3,(H,18,19)(H2,16,17,20). The zero-order chi connectivity index (χ0) is 15.5. The van der Waals surface area contributed by atoms with Crippen molar-refractivity contribution in [1.29, 1.82) is 0 Å². The van der Waals surface area contributed by atoms with Gasteiger partial charge < -0.3 is 20.5 Å². The molecule has 21 heavy (non-hydrogen) atoms. The molecular weight excluding hydrogens is 272 g/mol. The summed E-state index contributed by atoms with van der Waals surface area (Å²) in [6.45, 7) is 4.65. The molecule has 2 aliphatic rings. The first-order valence-electron chi connectivity index (χ1n) is 7.81. The van der Waals surface area contributed by atoms with Crippen molar-refractivity contribution in [2.24, 2.45) is 5.92 Å². The Morgan fingerprint density at radius 3 is 2.38 bits per heavy atom. The van der Waals surface area contributed by atoms with Gasteiger partial charge in [-0.05, 0) is 52.4 Å². The first-order valence-corrected chi connectivity index (χ1v) is 7.81. The topological polar surface area (TPSA) is 87.7 Å². The lowest BCUT2D eigenvalue weighted by atomic mass is 9.86. The third-order valence-corrected chi connectivity index (χ3v) is 4.46. The van der Waals surface area contributed by atoms with Crippen LogP contribution in [0, 0.1) is 5.92 Å². The molecule has 0 radical (unpaired) electrons. The van der Waals surface area contributed by atoms with Crippen molar-refractivity contribution in [1.82, 2.24) is 10.6 Å². The first-order chi connectivity index (χ1) is 9.85. The Hall–Kier alpha value is -1.30. The van der Waals surface area contributed by atoms with Crippen molar-refractivity contribution >= 4 is 12.0 Å². The molecule has 1 saturated carbocycles. The Morgan fingerprint density at radius 2 is 1.86 bits per heavy atom. The minimum absolute atomic E-state index is 0.0848. The van der Waals surface area contributed by atoms with Gasteiger partial charge in [0.25, 0.3) is 0 Å². The fourth-order valence-electron chi connectivity index (χ4n) is 3.15. The normalized spacial score (nSPS) is 31.6. The van der Waals surface area contributed by atoms with Gasteiger partial charge in [0.05, 0.1) is 17.6 Å². The highest BCUT2D eigenvalue weighted by Gasteiger charge is 2.32. The molecule has 1 saturated heterocycles. The summed E-state index contributed by atoms with van der Waals surface area (Å²) >= 11 is 0. The third-order valence-electron chi connectivity index (χ3n) is 4.46. The van der Waals surface area contributed by atoms with E-state index in [-0.39, 0.29) is 29.7 Å². The molecule has 1 atom stereocenters. The number of carboxylic acids is 1. The quantitative estimate of drug-likeness (QED) is 0.739. The second-order valence-electron chi connectivity index (χ2n) is 6.78. The van der Waals surface area contributed by atoms with Crippen LogP contribution in [0.3, 0.4) is 0 Å². The van der Waals surface area contributed by atoms with Gasteiger partial charge in [0.15, 0.2) is 0 Å². The van der Waals surface area contributed by atoms with Gasteiger partial charge in [-0.1, -0.05) is 0 Å². The number of hydrogen-bond acceptors (Lipinski definition) is 3. The van der Waals surface area contributed by atoms with E-state index in [9.17, 15) is 9.59 Å². The lowest BCUT2D eigenvalue weighted by Gasteiger charge is -2.27. The number of carboxylic acid groups (broad SMARTS) is 1. The molecule has 0 bridgehead atoms. The summed E-state index contributed by atoms with van der Waals surface area (Å²) < 4.78 is 5.82. The molecule has 0 aromatic carbocycles. The largest absolute Gasteiger partial charge is 0.481 e. The number of hydrogen-bond donors (Lipinski definition) is 3.